The van der Waals surface area contributed by atoms with Crippen LogP contribution in [0, 0.1) is 16.0 Å². The molecule has 0 spiro atoms. The number of nitrogens with zero attached hydrogens (tertiary/aromatic N) is 2. The Hall–Kier alpha value is -1.95. The van der Waals surface area contributed by atoms with E-state index in [1.165, 1.54) is 30.7 Å². The number of benzene rings is 1. The van der Waals surface area contributed by atoms with Gasteiger partial charge in [0.05, 0.1) is 10.5 Å². The normalized spacial score (nSPS) is 20.8. The lowest BCUT2D eigenvalue weighted by atomic mass is 9.86. The van der Waals surface area contributed by atoms with E-state index in [1.54, 1.807) is 0 Å². The first-order chi connectivity index (χ1) is 11.5. The van der Waals surface area contributed by atoms with Crippen molar-refractivity contribution in [2.45, 2.75) is 45.6 Å². The second-order valence-corrected chi connectivity index (χ2v) is 6.28. The Labute approximate surface area is 142 Å². The van der Waals surface area contributed by atoms with Gasteiger partial charge in [0.2, 0.25) is 0 Å². The lowest BCUT2D eigenvalue weighted by Crippen LogP contribution is -2.39. The first-order valence-corrected chi connectivity index (χ1v) is 8.73. The van der Waals surface area contributed by atoms with Crippen LogP contribution >= 0.6 is 0 Å². The zero-order chi connectivity index (χ0) is 17.5. The van der Waals surface area contributed by atoms with Crippen LogP contribution < -0.4 is 0 Å². The maximum Gasteiger partial charge on any atom is 0.338 e. The van der Waals surface area contributed by atoms with E-state index in [-0.39, 0.29) is 17.8 Å². The summed E-state index contributed by atoms with van der Waals surface area (Å²) in [5.41, 5.74) is 0.344. The number of rotatable bonds is 7. The van der Waals surface area contributed by atoms with Gasteiger partial charge in [-0.15, -0.1) is 0 Å². The molecule has 6 nitrogen and oxygen atoms in total. The minimum Gasteiger partial charge on any atom is -0.458 e. The minimum absolute atomic E-state index is 0.0244. The number of carbonyl (C=O) groups excluding carboxylic acids is 1. The molecule has 2 atom stereocenters. The zero-order valence-corrected chi connectivity index (χ0v) is 14.4. The number of carbonyl (C=O) groups is 1. The van der Waals surface area contributed by atoms with Crippen molar-refractivity contribution in [3.05, 3.63) is 39.9 Å². The highest BCUT2D eigenvalue weighted by Crippen LogP contribution is 2.28. The van der Waals surface area contributed by atoms with Crippen molar-refractivity contribution in [3.63, 3.8) is 0 Å². The molecule has 24 heavy (non-hydrogen) atoms. The molecule has 0 unspecified atom stereocenters. The van der Waals surface area contributed by atoms with E-state index in [0.29, 0.717) is 11.5 Å². The third kappa shape index (κ3) is 4.77. The molecule has 0 radical (unpaired) electrons. The summed E-state index contributed by atoms with van der Waals surface area (Å²) in [5, 5.41) is 10.7. The molecule has 0 aliphatic heterocycles. The molecule has 1 aliphatic rings. The van der Waals surface area contributed by atoms with Crippen LogP contribution in [0.5, 0.6) is 0 Å². The van der Waals surface area contributed by atoms with Gasteiger partial charge >= 0.3 is 5.97 Å². The number of non-ortho nitro benzene ring substituents is 1. The SMILES string of the molecule is CCN(CC)C[C@@H]1CCCC[C@H]1OC(=O)c1ccc([N+](=O)[O-])cc1. The van der Waals surface area contributed by atoms with Crippen LogP contribution in [0.1, 0.15) is 49.9 Å². The average molecular weight is 334 g/mol. The molecule has 0 aromatic heterocycles. The van der Waals surface area contributed by atoms with Gasteiger partial charge in [0.1, 0.15) is 6.10 Å². The molecule has 0 heterocycles. The Morgan fingerprint density at radius 2 is 1.83 bits per heavy atom. The smallest absolute Gasteiger partial charge is 0.338 e. The van der Waals surface area contributed by atoms with Crippen LogP contribution in [0.15, 0.2) is 24.3 Å². The molecule has 6 heteroatoms. The van der Waals surface area contributed by atoms with Crippen molar-refractivity contribution < 1.29 is 14.5 Å². The fraction of sp³-hybridized carbons (Fsp3) is 0.611. The van der Waals surface area contributed by atoms with E-state index < -0.39 is 4.92 Å². The summed E-state index contributed by atoms with van der Waals surface area (Å²) < 4.78 is 5.74. The predicted octanol–water partition coefficient (Wildman–Crippen LogP) is 3.65. The Kier molecular flexibility index (Phi) is 6.73. The predicted molar refractivity (Wildman–Crippen MR) is 92.0 cm³/mol. The largest absolute Gasteiger partial charge is 0.458 e. The maximum absolute atomic E-state index is 12.4. The molecule has 1 saturated carbocycles. The Balaban J connectivity index is 2.00. The molecule has 1 fully saturated rings. The fourth-order valence-electron chi connectivity index (χ4n) is 3.28. The van der Waals surface area contributed by atoms with E-state index in [0.717, 1.165) is 38.9 Å². The van der Waals surface area contributed by atoms with Crippen LogP contribution in [0.2, 0.25) is 0 Å². The van der Waals surface area contributed by atoms with Crippen LogP contribution in [0.3, 0.4) is 0 Å². The third-order valence-electron chi connectivity index (χ3n) is 4.80. The van der Waals surface area contributed by atoms with Gasteiger partial charge in [0, 0.05) is 24.6 Å². The first-order valence-electron chi connectivity index (χ1n) is 8.73. The van der Waals surface area contributed by atoms with E-state index in [1.807, 2.05) is 0 Å². The van der Waals surface area contributed by atoms with E-state index in [2.05, 4.69) is 18.7 Å². The molecule has 1 aliphatic carbocycles. The summed E-state index contributed by atoms with van der Waals surface area (Å²) in [6.45, 7) is 7.23. The lowest BCUT2D eigenvalue weighted by Gasteiger charge is -2.34. The monoisotopic (exact) mass is 334 g/mol. The zero-order valence-electron chi connectivity index (χ0n) is 14.4. The number of hydrogen-bond donors (Lipinski definition) is 0. The highest BCUT2D eigenvalue weighted by atomic mass is 16.6. The number of nitro benzene ring substituents is 1. The Bertz CT molecular complexity index is 555. The van der Waals surface area contributed by atoms with Crippen molar-refractivity contribution in [1.29, 1.82) is 0 Å². The van der Waals surface area contributed by atoms with Crippen molar-refractivity contribution in [3.8, 4) is 0 Å². The minimum atomic E-state index is -0.476. The van der Waals surface area contributed by atoms with Gasteiger partial charge < -0.3 is 9.64 Å². The standard InChI is InChI=1S/C18H26N2O4/c1-3-19(4-2)13-15-7-5-6-8-17(15)24-18(21)14-9-11-16(12-10-14)20(22)23/h9-12,15,17H,3-8,13H2,1-2H3/t15-,17+/m0/s1. The maximum atomic E-state index is 12.4. The first kappa shape index (κ1) is 18.4. The molecule has 0 saturated heterocycles. The summed E-state index contributed by atoms with van der Waals surface area (Å²) in [6, 6.07) is 5.60. The van der Waals surface area contributed by atoms with Crippen LogP contribution in [-0.2, 0) is 4.74 Å². The van der Waals surface area contributed by atoms with Crippen LogP contribution in [0.25, 0.3) is 0 Å². The number of esters is 1. The Morgan fingerprint density at radius 3 is 2.42 bits per heavy atom. The molecule has 0 N–H and O–H groups in total. The average Bonchev–Trinajstić information content (AvgIpc) is 2.61. The van der Waals surface area contributed by atoms with E-state index in [4.69, 9.17) is 4.74 Å². The lowest BCUT2D eigenvalue weighted by molar-refractivity contribution is -0.384. The Morgan fingerprint density at radius 1 is 1.21 bits per heavy atom. The van der Waals surface area contributed by atoms with Gasteiger partial charge in [-0.05, 0) is 44.5 Å². The molecule has 1 aromatic carbocycles. The molecule has 2 rings (SSSR count). The van der Waals surface area contributed by atoms with Crippen LogP contribution in [0.4, 0.5) is 5.69 Å². The van der Waals surface area contributed by atoms with Gasteiger partial charge in [-0.3, -0.25) is 10.1 Å². The molecule has 0 bridgehead atoms. The molecule has 1 aromatic rings. The summed E-state index contributed by atoms with van der Waals surface area (Å²) >= 11 is 0. The van der Waals surface area contributed by atoms with E-state index >= 15 is 0 Å². The highest BCUT2D eigenvalue weighted by Gasteiger charge is 2.29. The van der Waals surface area contributed by atoms with Gasteiger partial charge in [-0.2, -0.15) is 0 Å². The number of ether oxygens (including phenoxy) is 1. The van der Waals surface area contributed by atoms with E-state index in [9.17, 15) is 14.9 Å². The van der Waals surface area contributed by atoms with Gasteiger partial charge in [0.15, 0.2) is 0 Å². The summed E-state index contributed by atoms with van der Waals surface area (Å²) in [7, 11) is 0. The van der Waals surface area contributed by atoms with Crippen molar-refractivity contribution in [2.75, 3.05) is 19.6 Å². The summed E-state index contributed by atoms with van der Waals surface area (Å²) in [6.07, 6.45) is 4.16. The third-order valence-corrected chi connectivity index (χ3v) is 4.80. The summed E-state index contributed by atoms with van der Waals surface area (Å²) in [5.74, 6) is -0.0259. The molecular formula is C18H26N2O4. The molecule has 132 valence electrons. The summed E-state index contributed by atoms with van der Waals surface area (Å²) in [4.78, 5) is 24.9. The number of hydrogen-bond acceptors (Lipinski definition) is 5. The molecular weight excluding hydrogens is 308 g/mol. The number of nitro groups is 1. The second-order valence-electron chi connectivity index (χ2n) is 6.28. The van der Waals surface area contributed by atoms with Crippen molar-refractivity contribution in [1.82, 2.24) is 4.90 Å². The second kappa shape index (κ2) is 8.78. The molecule has 0 amide bonds. The van der Waals surface area contributed by atoms with Crippen molar-refractivity contribution >= 4 is 11.7 Å². The van der Waals surface area contributed by atoms with Gasteiger partial charge in [0.25, 0.3) is 5.69 Å². The quantitative estimate of drug-likeness (QED) is 0.432. The topological polar surface area (TPSA) is 72.7 Å². The van der Waals surface area contributed by atoms with Crippen LogP contribution in [-0.4, -0.2) is 41.5 Å². The highest BCUT2D eigenvalue weighted by molar-refractivity contribution is 5.89. The van der Waals surface area contributed by atoms with Gasteiger partial charge in [-0.25, -0.2) is 4.79 Å². The fourth-order valence-corrected chi connectivity index (χ4v) is 3.28. The van der Waals surface area contributed by atoms with Gasteiger partial charge in [-0.1, -0.05) is 20.3 Å². The van der Waals surface area contributed by atoms with Crippen molar-refractivity contribution in [2.24, 2.45) is 5.92 Å².